The quantitative estimate of drug-likeness (QED) is 0.947. The van der Waals surface area contributed by atoms with Crippen LogP contribution >= 0.6 is 11.6 Å². The Hall–Kier alpha value is -1.43. The maximum absolute atomic E-state index is 13.2. The minimum absolute atomic E-state index is 0.0848. The van der Waals surface area contributed by atoms with Gasteiger partial charge in [-0.15, -0.1) is 0 Å². The summed E-state index contributed by atoms with van der Waals surface area (Å²) in [5.74, 6) is -0.525. The number of rotatable bonds is 3. The first-order valence-corrected chi connectivity index (χ1v) is 7.99. The Morgan fingerprint density at radius 3 is 2.55 bits per heavy atom. The highest BCUT2D eigenvalue weighted by atomic mass is 35.5. The molecule has 0 spiro atoms. The van der Waals surface area contributed by atoms with Crippen LogP contribution in [0.15, 0.2) is 47.4 Å². The lowest BCUT2D eigenvalue weighted by Crippen LogP contribution is -2.04. The average molecular weight is 315 g/mol. The fourth-order valence-electron chi connectivity index (χ4n) is 1.82. The molecule has 0 fully saturated rings. The Morgan fingerprint density at radius 2 is 1.90 bits per heavy atom. The first-order chi connectivity index (χ1) is 9.29. The van der Waals surface area contributed by atoms with Gasteiger partial charge in [0.1, 0.15) is 11.9 Å². The second-order valence-electron chi connectivity index (χ2n) is 4.41. The molecule has 1 atom stereocenters. The molecule has 0 aliphatic rings. The number of hydrogen-bond donors (Lipinski definition) is 1. The molecule has 3 nitrogen and oxygen atoms in total. The summed E-state index contributed by atoms with van der Waals surface area (Å²) in [6.45, 7) is 0. The van der Waals surface area contributed by atoms with Crippen LogP contribution in [-0.4, -0.2) is 19.8 Å². The number of halogens is 2. The van der Waals surface area contributed by atoms with Crippen LogP contribution in [-0.2, 0) is 9.84 Å². The van der Waals surface area contributed by atoms with Crippen LogP contribution in [0.2, 0.25) is 5.02 Å². The van der Waals surface area contributed by atoms with Crippen molar-refractivity contribution in [3.05, 3.63) is 64.4 Å². The van der Waals surface area contributed by atoms with E-state index in [1.807, 2.05) is 0 Å². The molecule has 6 heteroatoms. The van der Waals surface area contributed by atoms with Crippen LogP contribution in [0.5, 0.6) is 0 Å². The zero-order valence-corrected chi connectivity index (χ0v) is 12.1. The lowest BCUT2D eigenvalue weighted by molar-refractivity contribution is 0.219. The first-order valence-electron chi connectivity index (χ1n) is 5.72. The molecule has 0 aliphatic heterocycles. The van der Waals surface area contributed by atoms with Gasteiger partial charge in [0.15, 0.2) is 9.84 Å². The largest absolute Gasteiger partial charge is 0.384 e. The molecule has 1 N–H and O–H groups in total. The molecule has 0 aromatic heterocycles. The van der Waals surface area contributed by atoms with E-state index in [1.165, 1.54) is 30.3 Å². The molecule has 20 heavy (non-hydrogen) atoms. The van der Waals surface area contributed by atoms with Crippen LogP contribution in [0.25, 0.3) is 0 Å². The van der Waals surface area contributed by atoms with Crippen LogP contribution in [0, 0.1) is 5.82 Å². The Labute approximate surface area is 121 Å². The summed E-state index contributed by atoms with van der Waals surface area (Å²) in [4.78, 5) is 0.0848. The molecule has 0 radical (unpaired) electrons. The molecule has 0 saturated carbocycles. The molecule has 2 rings (SSSR count). The minimum atomic E-state index is -3.38. The van der Waals surface area contributed by atoms with Crippen molar-refractivity contribution < 1.29 is 17.9 Å². The Balaban J connectivity index is 2.48. The maximum atomic E-state index is 13.2. The molecule has 106 valence electrons. The van der Waals surface area contributed by atoms with Crippen molar-refractivity contribution in [1.82, 2.24) is 0 Å². The number of hydrogen-bond acceptors (Lipinski definition) is 3. The van der Waals surface area contributed by atoms with Crippen LogP contribution in [0.4, 0.5) is 4.39 Å². The summed E-state index contributed by atoms with van der Waals surface area (Å²) in [5, 5.41) is 10.5. The van der Waals surface area contributed by atoms with E-state index in [0.29, 0.717) is 5.56 Å². The summed E-state index contributed by atoms with van der Waals surface area (Å²) < 4.78 is 36.2. The molecule has 1 unspecified atom stereocenters. The van der Waals surface area contributed by atoms with Gasteiger partial charge in [-0.25, -0.2) is 12.8 Å². The summed E-state index contributed by atoms with van der Waals surface area (Å²) >= 11 is 5.93. The molecular formula is C14H12ClFO3S. The molecule has 0 bridgehead atoms. The summed E-state index contributed by atoms with van der Waals surface area (Å²) in [6.07, 6.45) is -0.117. The number of sulfone groups is 1. The predicted octanol–water partition coefficient (Wildman–Crippen LogP) is 2.96. The van der Waals surface area contributed by atoms with Crippen molar-refractivity contribution in [2.75, 3.05) is 6.26 Å². The van der Waals surface area contributed by atoms with Gasteiger partial charge >= 0.3 is 0 Å². The van der Waals surface area contributed by atoms with Crippen molar-refractivity contribution in [2.45, 2.75) is 11.0 Å². The molecule has 0 saturated heterocycles. The van der Waals surface area contributed by atoms with E-state index in [-0.39, 0.29) is 15.5 Å². The Morgan fingerprint density at radius 1 is 1.20 bits per heavy atom. The Bertz CT molecular complexity index is 744. The number of aliphatic hydroxyl groups is 1. The second-order valence-corrected chi connectivity index (χ2v) is 6.84. The van der Waals surface area contributed by atoms with E-state index in [1.54, 1.807) is 6.07 Å². The van der Waals surface area contributed by atoms with Crippen molar-refractivity contribution in [2.24, 2.45) is 0 Å². The van der Waals surface area contributed by atoms with Gasteiger partial charge in [0.2, 0.25) is 0 Å². The number of benzene rings is 2. The standard InChI is InChI=1S/C14H12ClFO3S/c1-20(18,19)11-4-2-3-9(7-11)14(17)12-8-10(16)5-6-13(12)15/h2-8,14,17H,1H3. The first kappa shape index (κ1) is 15.0. The zero-order valence-electron chi connectivity index (χ0n) is 10.5. The smallest absolute Gasteiger partial charge is 0.175 e. The zero-order chi connectivity index (χ0) is 14.9. The molecular weight excluding hydrogens is 303 g/mol. The van der Waals surface area contributed by atoms with Crippen molar-refractivity contribution in [3.63, 3.8) is 0 Å². The molecule has 2 aromatic carbocycles. The molecule has 2 aromatic rings. The number of aliphatic hydroxyl groups excluding tert-OH is 1. The van der Waals surface area contributed by atoms with Gasteiger partial charge in [-0.05, 0) is 35.9 Å². The van der Waals surface area contributed by atoms with Crippen LogP contribution in [0.3, 0.4) is 0 Å². The second kappa shape index (κ2) is 5.52. The van der Waals surface area contributed by atoms with Crippen molar-refractivity contribution in [1.29, 1.82) is 0 Å². The van der Waals surface area contributed by atoms with Gasteiger partial charge in [0.25, 0.3) is 0 Å². The normalized spacial score (nSPS) is 13.2. The summed E-state index contributed by atoms with van der Waals surface area (Å²) in [6, 6.07) is 9.50. The van der Waals surface area contributed by atoms with Crippen molar-refractivity contribution in [3.8, 4) is 0 Å². The van der Waals surface area contributed by atoms with E-state index < -0.39 is 21.8 Å². The van der Waals surface area contributed by atoms with E-state index in [9.17, 15) is 17.9 Å². The van der Waals surface area contributed by atoms with Gasteiger partial charge in [0.05, 0.1) is 4.90 Å². The van der Waals surface area contributed by atoms with Gasteiger partial charge in [-0.1, -0.05) is 23.7 Å². The molecule has 0 amide bonds. The van der Waals surface area contributed by atoms with Gasteiger partial charge < -0.3 is 5.11 Å². The van der Waals surface area contributed by atoms with Crippen molar-refractivity contribution >= 4 is 21.4 Å². The highest BCUT2D eigenvalue weighted by Gasteiger charge is 2.17. The topological polar surface area (TPSA) is 54.4 Å². The van der Waals surface area contributed by atoms with Gasteiger partial charge in [-0.3, -0.25) is 0 Å². The average Bonchev–Trinajstić information content (AvgIpc) is 2.40. The Kier molecular flexibility index (Phi) is 4.13. The maximum Gasteiger partial charge on any atom is 0.175 e. The highest BCUT2D eigenvalue weighted by molar-refractivity contribution is 7.90. The lowest BCUT2D eigenvalue weighted by Gasteiger charge is -2.14. The van der Waals surface area contributed by atoms with E-state index in [0.717, 1.165) is 12.3 Å². The minimum Gasteiger partial charge on any atom is -0.384 e. The van der Waals surface area contributed by atoms with Crippen LogP contribution in [0.1, 0.15) is 17.2 Å². The third-order valence-electron chi connectivity index (χ3n) is 2.85. The lowest BCUT2D eigenvalue weighted by atomic mass is 10.0. The van der Waals surface area contributed by atoms with Gasteiger partial charge in [-0.2, -0.15) is 0 Å². The van der Waals surface area contributed by atoms with E-state index in [2.05, 4.69) is 0 Å². The fourth-order valence-corrected chi connectivity index (χ4v) is 2.72. The summed E-state index contributed by atoms with van der Waals surface area (Å²) in [7, 11) is -3.38. The predicted molar refractivity (Wildman–Crippen MR) is 75.0 cm³/mol. The van der Waals surface area contributed by atoms with E-state index >= 15 is 0 Å². The van der Waals surface area contributed by atoms with Gasteiger partial charge in [0, 0.05) is 16.8 Å². The molecule has 0 aliphatic carbocycles. The fraction of sp³-hybridized carbons (Fsp3) is 0.143. The monoisotopic (exact) mass is 314 g/mol. The summed E-state index contributed by atoms with van der Waals surface area (Å²) in [5.41, 5.74) is 0.526. The third kappa shape index (κ3) is 3.17. The highest BCUT2D eigenvalue weighted by Crippen LogP contribution is 2.29. The third-order valence-corrected chi connectivity index (χ3v) is 4.31. The van der Waals surface area contributed by atoms with Crippen LogP contribution < -0.4 is 0 Å². The SMILES string of the molecule is CS(=O)(=O)c1cccc(C(O)c2cc(F)ccc2Cl)c1. The molecule has 0 heterocycles. The van der Waals surface area contributed by atoms with E-state index in [4.69, 9.17) is 11.6 Å².